The van der Waals surface area contributed by atoms with E-state index in [0.717, 1.165) is 30.9 Å². The molecule has 0 atom stereocenters. The number of likely N-dealkylation sites (tertiary alicyclic amines) is 1. The minimum absolute atomic E-state index is 0.124. The van der Waals surface area contributed by atoms with Gasteiger partial charge in [0.15, 0.2) is 0 Å². The molecule has 6 nitrogen and oxygen atoms in total. The highest BCUT2D eigenvalue weighted by molar-refractivity contribution is 7.89. The van der Waals surface area contributed by atoms with Crippen molar-refractivity contribution in [1.82, 2.24) is 14.9 Å². The van der Waals surface area contributed by atoms with Gasteiger partial charge < -0.3 is 10.2 Å². The molecule has 1 aliphatic rings. The third-order valence-electron chi connectivity index (χ3n) is 5.16. The number of carbonyl (C=O) groups excluding carboxylic acids is 1. The number of hydrogen-bond acceptors (Lipinski definition) is 4. The Morgan fingerprint density at radius 2 is 1.93 bits per heavy atom. The zero-order valence-electron chi connectivity index (χ0n) is 16.8. The molecule has 1 heterocycles. The number of piperidine rings is 1. The first-order chi connectivity index (χ1) is 12.8. The summed E-state index contributed by atoms with van der Waals surface area (Å²) in [5, 5.41) is 2.92. The van der Waals surface area contributed by atoms with E-state index in [1.807, 2.05) is 6.92 Å². The second-order valence-electron chi connectivity index (χ2n) is 7.47. The van der Waals surface area contributed by atoms with Crippen molar-refractivity contribution in [2.24, 2.45) is 5.92 Å². The second kappa shape index (κ2) is 10.2. The lowest BCUT2D eigenvalue weighted by Gasteiger charge is -2.30. The maximum Gasteiger partial charge on any atom is 0.251 e. The van der Waals surface area contributed by atoms with Gasteiger partial charge in [0, 0.05) is 18.7 Å². The molecule has 2 rings (SSSR count). The highest BCUT2D eigenvalue weighted by atomic mass is 32.2. The lowest BCUT2D eigenvalue weighted by molar-refractivity contribution is 0.0951. The van der Waals surface area contributed by atoms with Crippen LogP contribution in [0.15, 0.2) is 23.1 Å². The highest BCUT2D eigenvalue weighted by Gasteiger charge is 2.17. The zero-order valence-corrected chi connectivity index (χ0v) is 17.6. The van der Waals surface area contributed by atoms with Crippen LogP contribution in [0, 0.1) is 12.8 Å². The smallest absolute Gasteiger partial charge is 0.251 e. The molecule has 0 aromatic heterocycles. The standard InChI is InChI=1S/C20H33N3O3S/c1-4-22-27(25,26)18-8-7-17(3)19(15-18)20(24)21-11-5-6-12-23-13-9-16(2)10-14-23/h7-8,15-16,22H,4-6,9-14H2,1-3H3,(H,21,24). The fourth-order valence-electron chi connectivity index (χ4n) is 3.33. The molecule has 0 spiro atoms. The number of amides is 1. The maximum atomic E-state index is 12.5. The number of rotatable bonds is 9. The van der Waals surface area contributed by atoms with Crippen LogP contribution in [-0.4, -0.2) is 51.9 Å². The van der Waals surface area contributed by atoms with Crippen LogP contribution < -0.4 is 10.0 Å². The van der Waals surface area contributed by atoms with Crippen LogP contribution in [0.5, 0.6) is 0 Å². The van der Waals surface area contributed by atoms with E-state index in [-0.39, 0.29) is 10.8 Å². The van der Waals surface area contributed by atoms with Gasteiger partial charge in [0.25, 0.3) is 5.91 Å². The second-order valence-corrected chi connectivity index (χ2v) is 9.23. The number of sulfonamides is 1. The van der Waals surface area contributed by atoms with Gasteiger partial charge in [0.2, 0.25) is 10.0 Å². The maximum absolute atomic E-state index is 12.5. The van der Waals surface area contributed by atoms with Crippen molar-refractivity contribution >= 4 is 15.9 Å². The molecule has 1 aromatic rings. The number of nitrogens with one attached hydrogen (secondary N) is 2. The quantitative estimate of drug-likeness (QED) is 0.630. The zero-order chi connectivity index (χ0) is 19.9. The lowest BCUT2D eigenvalue weighted by Crippen LogP contribution is -2.34. The molecule has 2 N–H and O–H groups in total. The highest BCUT2D eigenvalue weighted by Crippen LogP contribution is 2.17. The average Bonchev–Trinajstić information content (AvgIpc) is 2.63. The third kappa shape index (κ3) is 6.59. The largest absolute Gasteiger partial charge is 0.352 e. The Hall–Kier alpha value is -1.44. The van der Waals surface area contributed by atoms with Crippen molar-refractivity contribution in [2.75, 3.05) is 32.7 Å². The topological polar surface area (TPSA) is 78.5 Å². The Morgan fingerprint density at radius 1 is 1.22 bits per heavy atom. The molecule has 7 heteroatoms. The van der Waals surface area contributed by atoms with Gasteiger partial charge in [-0.05, 0) is 75.9 Å². The van der Waals surface area contributed by atoms with Crippen molar-refractivity contribution in [3.05, 3.63) is 29.3 Å². The molecule has 1 aliphatic heterocycles. The Bertz CT molecular complexity index is 726. The summed E-state index contributed by atoms with van der Waals surface area (Å²) >= 11 is 0. The third-order valence-corrected chi connectivity index (χ3v) is 6.70. The number of nitrogens with zero attached hydrogens (tertiary/aromatic N) is 1. The number of hydrogen-bond donors (Lipinski definition) is 2. The number of aryl methyl sites for hydroxylation is 1. The molecule has 152 valence electrons. The van der Waals surface area contributed by atoms with Crippen molar-refractivity contribution in [3.63, 3.8) is 0 Å². The molecule has 0 bridgehead atoms. The van der Waals surface area contributed by atoms with Crippen LogP contribution >= 0.6 is 0 Å². The van der Waals surface area contributed by atoms with Crippen LogP contribution in [-0.2, 0) is 10.0 Å². The van der Waals surface area contributed by atoms with Crippen LogP contribution in [0.25, 0.3) is 0 Å². The Morgan fingerprint density at radius 3 is 2.59 bits per heavy atom. The van der Waals surface area contributed by atoms with E-state index in [2.05, 4.69) is 21.9 Å². The van der Waals surface area contributed by atoms with Gasteiger partial charge in [0.05, 0.1) is 4.90 Å². The summed E-state index contributed by atoms with van der Waals surface area (Å²) in [6.45, 7) is 10.2. The summed E-state index contributed by atoms with van der Waals surface area (Å²) in [6.07, 6.45) is 4.54. The fourth-order valence-corrected chi connectivity index (χ4v) is 4.40. The van der Waals surface area contributed by atoms with Crippen LogP contribution in [0.1, 0.15) is 55.5 Å². The number of benzene rings is 1. The summed E-state index contributed by atoms with van der Waals surface area (Å²) in [7, 11) is -3.56. The van der Waals surface area contributed by atoms with E-state index in [4.69, 9.17) is 0 Å². The monoisotopic (exact) mass is 395 g/mol. The summed E-state index contributed by atoms with van der Waals surface area (Å²) in [6, 6.07) is 4.66. The van der Waals surface area contributed by atoms with E-state index in [1.54, 1.807) is 13.0 Å². The van der Waals surface area contributed by atoms with Gasteiger partial charge in [-0.1, -0.05) is 19.9 Å². The normalized spacial score (nSPS) is 16.4. The van der Waals surface area contributed by atoms with E-state index < -0.39 is 10.0 Å². The van der Waals surface area contributed by atoms with Gasteiger partial charge in [-0.15, -0.1) is 0 Å². The SMILES string of the molecule is CCNS(=O)(=O)c1ccc(C)c(C(=O)NCCCCN2CCC(C)CC2)c1. The predicted molar refractivity (Wildman–Crippen MR) is 108 cm³/mol. The summed E-state index contributed by atoms with van der Waals surface area (Å²) < 4.78 is 26.7. The molecular formula is C20H33N3O3S. The Balaban J connectivity index is 1.81. The molecular weight excluding hydrogens is 362 g/mol. The van der Waals surface area contributed by atoms with E-state index in [9.17, 15) is 13.2 Å². The molecule has 1 aromatic carbocycles. The number of unbranched alkanes of at least 4 members (excludes halogenated alkanes) is 1. The van der Waals surface area contributed by atoms with Crippen molar-refractivity contribution in [2.45, 2.75) is 51.3 Å². The fraction of sp³-hybridized carbons (Fsp3) is 0.650. The summed E-state index contributed by atoms with van der Waals surface area (Å²) in [4.78, 5) is 15.1. The van der Waals surface area contributed by atoms with E-state index >= 15 is 0 Å². The van der Waals surface area contributed by atoms with Gasteiger partial charge in [0.1, 0.15) is 0 Å². The number of carbonyl (C=O) groups is 1. The van der Waals surface area contributed by atoms with Gasteiger partial charge >= 0.3 is 0 Å². The molecule has 27 heavy (non-hydrogen) atoms. The minimum atomic E-state index is -3.56. The van der Waals surface area contributed by atoms with Gasteiger partial charge in [-0.3, -0.25) is 4.79 Å². The lowest BCUT2D eigenvalue weighted by atomic mass is 9.99. The van der Waals surface area contributed by atoms with E-state index in [1.165, 1.54) is 38.1 Å². The molecule has 0 aliphatic carbocycles. The van der Waals surface area contributed by atoms with Crippen molar-refractivity contribution in [3.8, 4) is 0 Å². The van der Waals surface area contributed by atoms with Crippen molar-refractivity contribution in [1.29, 1.82) is 0 Å². The molecule has 0 radical (unpaired) electrons. The van der Waals surface area contributed by atoms with Crippen LogP contribution in [0.3, 0.4) is 0 Å². The summed E-state index contributed by atoms with van der Waals surface area (Å²) in [5.74, 6) is 0.628. The summed E-state index contributed by atoms with van der Waals surface area (Å²) in [5.41, 5.74) is 1.18. The Labute approximate surface area is 163 Å². The molecule has 0 saturated carbocycles. The molecule has 0 unspecified atom stereocenters. The first kappa shape index (κ1) is 21.9. The van der Waals surface area contributed by atoms with Crippen LogP contribution in [0.2, 0.25) is 0 Å². The van der Waals surface area contributed by atoms with Crippen molar-refractivity contribution < 1.29 is 13.2 Å². The first-order valence-electron chi connectivity index (χ1n) is 9.94. The van der Waals surface area contributed by atoms with Crippen LogP contribution in [0.4, 0.5) is 0 Å². The molecule has 1 saturated heterocycles. The first-order valence-corrected chi connectivity index (χ1v) is 11.4. The average molecular weight is 396 g/mol. The molecule has 1 amide bonds. The van der Waals surface area contributed by atoms with Gasteiger partial charge in [-0.2, -0.15) is 0 Å². The predicted octanol–water partition coefficient (Wildman–Crippen LogP) is 2.54. The minimum Gasteiger partial charge on any atom is -0.352 e. The molecule has 1 fully saturated rings. The Kier molecular flexibility index (Phi) is 8.26. The van der Waals surface area contributed by atoms with E-state index in [0.29, 0.717) is 18.7 Å². The van der Waals surface area contributed by atoms with Gasteiger partial charge in [-0.25, -0.2) is 13.1 Å².